The van der Waals surface area contributed by atoms with E-state index in [0.29, 0.717) is 17.1 Å². The highest BCUT2D eigenvalue weighted by molar-refractivity contribution is 6.69. The number of ether oxygens (including phenoxy) is 2. The van der Waals surface area contributed by atoms with Crippen LogP contribution in [0.3, 0.4) is 0 Å². The van der Waals surface area contributed by atoms with Crippen LogP contribution in [0.5, 0.6) is 11.5 Å². The van der Waals surface area contributed by atoms with Crippen molar-refractivity contribution in [1.82, 2.24) is 0 Å². The number of hydrogen-bond acceptors (Lipinski definition) is 4. The summed E-state index contributed by atoms with van der Waals surface area (Å²) in [5.74, 6) is 1.29. The quantitative estimate of drug-likeness (QED) is 0.587. The number of oxime groups is 1. The molecular weight excluding hydrogens is 218 g/mol. The SMILES string of the molecule is CO/N=C(\Cl)c1cc(OC)cc(OC)c1. The van der Waals surface area contributed by atoms with E-state index in [1.807, 2.05) is 0 Å². The number of hydrogen-bond donors (Lipinski definition) is 0. The zero-order valence-electron chi connectivity index (χ0n) is 8.78. The number of methoxy groups -OCH3 is 2. The van der Waals surface area contributed by atoms with Crippen molar-refractivity contribution < 1.29 is 14.3 Å². The lowest BCUT2D eigenvalue weighted by atomic mass is 10.2. The van der Waals surface area contributed by atoms with Gasteiger partial charge in [0.1, 0.15) is 18.6 Å². The molecule has 1 aromatic carbocycles. The Labute approximate surface area is 93.4 Å². The third kappa shape index (κ3) is 3.02. The summed E-state index contributed by atoms with van der Waals surface area (Å²) in [5.41, 5.74) is 0.676. The number of rotatable bonds is 4. The van der Waals surface area contributed by atoms with Gasteiger partial charge in [0, 0.05) is 11.6 Å². The Morgan fingerprint density at radius 2 is 1.60 bits per heavy atom. The summed E-state index contributed by atoms with van der Waals surface area (Å²) < 4.78 is 10.2. The van der Waals surface area contributed by atoms with E-state index >= 15 is 0 Å². The van der Waals surface area contributed by atoms with Crippen LogP contribution in [0.15, 0.2) is 23.4 Å². The molecule has 0 bridgehead atoms. The van der Waals surface area contributed by atoms with Gasteiger partial charge in [0.05, 0.1) is 14.2 Å². The number of halogens is 1. The lowest BCUT2D eigenvalue weighted by molar-refractivity contribution is 0.214. The number of benzene rings is 1. The maximum Gasteiger partial charge on any atom is 0.175 e. The molecule has 0 aromatic heterocycles. The van der Waals surface area contributed by atoms with Gasteiger partial charge in [-0.1, -0.05) is 16.8 Å². The van der Waals surface area contributed by atoms with Crippen LogP contribution in [0.4, 0.5) is 0 Å². The maximum absolute atomic E-state index is 5.88. The van der Waals surface area contributed by atoms with Gasteiger partial charge < -0.3 is 14.3 Å². The van der Waals surface area contributed by atoms with Gasteiger partial charge in [-0.05, 0) is 12.1 Å². The summed E-state index contributed by atoms with van der Waals surface area (Å²) in [7, 11) is 4.57. The normalized spacial score (nSPS) is 11.1. The smallest absolute Gasteiger partial charge is 0.175 e. The topological polar surface area (TPSA) is 40.0 Å². The van der Waals surface area contributed by atoms with Crippen molar-refractivity contribution in [3.05, 3.63) is 23.8 Å². The molecule has 1 aromatic rings. The molecule has 0 atom stereocenters. The lowest BCUT2D eigenvalue weighted by Gasteiger charge is -2.06. The molecule has 0 saturated heterocycles. The Hall–Kier alpha value is -1.42. The van der Waals surface area contributed by atoms with Crippen LogP contribution < -0.4 is 9.47 Å². The molecule has 0 heterocycles. The highest BCUT2D eigenvalue weighted by atomic mass is 35.5. The van der Waals surface area contributed by atoms with Crippen LogP contribution in [-0.2, 0) is 4.84 Å². The highest BCUT2D eigenvalue weighted by Crippen LogP contribution is 2.23. The minimum Gasteiger partial charge on any atom is -0.497 e. The van der Waals surface area contributed by atoms with Crippen molar-refractivity contribution in [2.75, 3.05) is 21.3 Å². The van der Waals surface area contributed by atoms with Crippen LogP contribution in [0.1, 0.15) is 5.56 Å². The van der Waals surface area contributed by atoms with Crippen LogP contribution in [0.25, 0.3) is 0 Å². The predicted molar refractivity (Wildman–Crippen MR) is 58.9 cm³/mol. The zero-order chi connectivity index (χ0) is 11.3. The first-order valence-corrected chi connectivity index (χ1v) is 4.59. The molecule has 0 aliphatic heterocycles. The van der Waals surface area contributed by atoms with E-state index in [2.05, 4.69) is 9.99 Å². The van der Waals surface area contributed by atoms with Crippen LogP contribution in [0, 0.1) is 0 Å². The van der Waals surface area contributed by atoms with Gasteiger partial charge in [-0.25, -0.2) is 0 Å². The van der Waals surface area contributed by atoms with Crippen LogP contribution in [0.2, 0.25) is 0 Å². The second-order valence-electron chi connectivity index (χ2n) is 2.67. The molecule has 0 unspecified atom stereocenters. The first kappa shape index (κ1) is 11.7. The summed E-state index contributed by atoms with van der Waals surface area (Å²) in [6.45, 7) is 0. The van der Waals surface area contributed by atoms with E-state index in [1.54, 1.807) is 32.4 Å². The second-order valence-corrected chi connectivity index (χ2v) is 3.02. The van der Waals surface area contributed by atoms with E-state index in [1.165, 1.54) is 7.11 Å². The average molecular weight is 230 g/mol. The van der Waals surface area contributed by atoms with Gasteiger partial charge in [0.25, 0.3) is 0 Å². The summed E-state index contributed by atoms with van der Waals surface area (Å²) in [5, 5.41) is 3.86. The maximum atomic E-state index is 5.88. The molecular formula is C10H12ClNO3. The summed E-state index contributed by atoms with van der Waals surface area (Å²) in [6.07, 6.45) is 0. The van der Waals surface area contributed by atoms with Crippen molar-refractivity contribution in [3.63, 3.8) is 0 Å². The molecule has 0 amide bonds. The molecule has 0 N–H and O–H groups in total. The molecule has 0 spiro atoms. The lowest BCUT2D eigenvalue weighted by Crippen LogP contribution is -1.95. The molecule has 0 saturated carbocycles. The highest BCUT2D eigenvalue weighted by Gasteiger charge is 2.06. The van der Waals surface area contributed by atoms with E-state index < -0.39 is 0 Å². The second kappa shape index (κ2) is 5.46. The predicted octanol–water partition coefficient (Wildman–Crippen LogP) is 2.25. The molecule has 0 aliphatic carbocycles. The first-order valence-electron chi connectivity index (χ1n) is 4.21. The van der Waals surface area contributed by atoms with E-state index in [9.17, 15) is 0 Å². The van der Waals surface area contributed by atoms with Crippen molar-refractivity contribution >= 4 is 16.8 Å². The molecule has 15 heavy (non-hydrogen) atoms. The van der Waals surface area contributed by atoms with Gasteiger partial charge in [0.2, 0.25) is 0 Å². The molecule has 0 aliphatic rings. The molecule has 82 valence electrons. The monoisotopic (exact) mass is 229 g/mol. The minimum absolute atomic E-state index is 0.245. The van der Waals surface area contributed by atoms with Crippen molar-refractivity contribution in [1.29, 1.82) is 0 Å². The first-order chi connectivity index (χ1) is 7.21. The van der Waals surface area contributed by atoms with Crippen molar-refractivity contribution in [2.24, 2.45) is 5.16 Å². The van der Waals surface area contributed by atoms with Gasteiger partial charge >= 0.3 is 0 Å². The van der Waals surface area contributed by atoms with Gasteiger partial charge in [-0.2, -0.15) is 0 Å². The molecule has 4 nitrogen and oxygen atoms in total. The minimum atomic E-state index is 0.245. The Morgan fingerprint density at radius 3 is 2.00 bits per heavy atom. The van der Waals surface area contributed by atoms with Crippen LogP contribution >= 0.6 is 11.6 Å². The summed E-state index contributed by atoms with van der Waals surface area (Å²) in [4.78, 5) is 4.58. The van der Waals surface area contributed by atoms with Gasteiger partial charge in [-0.15, -0.1) is 0 Å². The van der Waals surface area contributed by atoms with E-state index in [4.69, 9.17) is 21.1 Å². The molecule has 0 fully saturated rings. The fourth-order valence-electron chi connectivity index (χ4n) is 1.06. The summed E-state index contributed by atoms with van der Waals surface area (Å²) in [6, 6.07) is 5.24. The van der Waals surface area contributed by atoms with Crippen molar-refractivity contribution in [3.8, 4) is 11.5 Å². The third-order valence-electron chi connectivity index (χ3n) is 1.76. The summed E-state index contributed by atoms with van der Waals surface area (Å²) >= 11 is 5.88. The Kier molecular flexibility index (Phi) is 4.24. The standard InChI is InChI=1S/C10H12ClNO3/c1-13-8-4-7(10(11)12-15-3)5-9(6-8)14-2/h4-6H,1-3H3/b12-10-. The van der Waals surface area contributed by atoms with Crippen LogP contribution in [-0.4, -0.2) is 26.5 Å². The fourth-order valence-corrected chi connectivity index (χ4v) is 1.24. The third-order valence-corrected chi connectivity index (χ3v) is 2.05. The Morgan fingerprint density at radius 1 is 1.07 bits per heavy atom. The molecule has 5 heteroatoms. The van der Waals surface area contributed by atoms with E-state index in [0.717, 1.165) is 0 Å². The Bertz CT molecular complexity index is 343. The Balaban J connectivity index is 3.12. The average Bonchev–Trinajstić information content (AvgIpc) is 2.28. The fraction of sp³-hybridized carbons (Fsp3) is 0.300. The molecule has 0 radical (unpaired) electrons. The van der Waals surface area contributed by atoms with Crippen molar-refractivity contribution in [2.45, 2.75) is 0 Å². The van der Waals surface area contributed by atoms with Gasteiger partial charge in [0.15, 0.2) is 5.17 Å². The zero-order valence-corrected chi connectivity index (χ0v) is 9.54. The van der Waals surface area contributed by atoms with E-state index in [-0.39, 0.29) is 5.17 Å². The number of nitrogens with zero attached hydrogens (tertiary/aromatic N) is 1. The van der Waals surface area contributed by atoms with Gasteiger partial charge in [-0.3, -0.25) is 0 Å². The largest absolute Gasteiger partial charge is 0.497 e. The molecule has 1 rings (SSSR count).